The van der Waals surface area contributed by atoms with E-state index in [1.54, 1.807) is 20.8 Å². The summed E-state index contributed by atoms with van der Waals surface area (Å²) in [7, 11) is -2.57. The standard InChI is InChI=1S/C18H22N6O4S2/c1-11-6-8-12(9-7-11)14-19-13(28-23-14)10-24(5)30(26,27)17-22-21-16(29-17)20-15(25)18(2,3)4/h6-9H,10H2,1-5H3,(H,20,21,25). The van der Waals surface area contributed by atoms with Gasteiger partial charge in [0.15, 0.2) is 0 Å². The number of nitrogens with one attached hydrogen (secondary N) is 1. The largest absolute Gasteiger partial charge is 0.338 e. The topological polar surface area (TPSA) is 131 Å². The van der Waals surface area contributed by atoms with Crippen LogP contribution < -0.4 is 5.32 Å². The van der Waals surface area contributed by atoms with E-state index in [1.807, 2.05) is 31.2 Å². The number of nitrogens with zero attached hydrogens (tertiary/aromatic N) is 5. The zero-order chi connectivity index (χ0) is 22.1. The lowest BCUT2D eigenvalue weighted by Crippen LogP contribution is -2.27. The molecule has 3 rings (SSSR count). The van der Waals surface area contributed by atoms with Gasteiger partial charge in [-0.15, -0.1) is 10.2 Å². The van der Waals surface area contributed by atoms with Crippen LogP contribution in [-0.2, 0) is 21.4 Å². The number of aryl methyl sites for hydroxylation is 1. The van der Waals surface area contributed by atoms with Gasteiger partial charge in [-0.2, -0.15) is 9.29 Å². The number of aromatic nitrogens is 4. The van der Waals surface area contributed by atoms with Crippen LogP contribution in [0.3, 0.4) is 0 Å². The molecule has 1 amide bonds. The highest BCUT2D eigenvalue weighted by atomic mass is 32.2. The average molecular weight is 451 g/mol. The molecule has 0 fully saturated rings. The van der Waals surface area contributed by atoms with Crippen LogP contribution in [0, 0.1) is 12.3 Å². The Morgan fingerprint density at radius 1 is 1.20 bits per heavy atom. The summed E-state index contributed by atoms with van der Waals surface area (Å²) in [5, 5.41) is 14.0. The second-order valence-corrected chi connectivity index (χ2v) is 10.9. The molecule has 3 aromatic rings. The fourth-order valence-corrected chi connectivity index (χ4v) is 4.40. The van der Waals surface area contributed by atoms with Gasteiger partial charge in [-0.1, -0.05) is 67.1 Å². The Hall–Kier alpha value is -2.70. The van der Waals surface area contributed by atoms with Crippen LogP contribution >= 0.6 is 11.3 Å². The lowest BCUT2D eigenvalue weighted by atomic mass is 9.96. The third kappa shape index (κ3) is 4.89. The van der Waals surface area contributed by atoms with Crippen LogP contribution in [0.4, 0.5) is 5.13 Å². The maximum absolute atomic E-state index is 12.8. The normalized spacial score (nSPS) is 12.3. The third-order valence-corrected chi connectivity index (χ3v) is 7.06. The Kier molecular flexibility index (Phi) is 6.01. The number of sulfonamides is 1. The Labute approximate surface area is 178 Å². The lowest BCUT2D eigenvalue weighted by molar-refractivity contribution is -0.123. The maximum Gasteiger partial charge on any atom is 0.272 e. The van der Waals surface area contributed by atoms with Crippen molar-refractivity contribution in [1.29, 1.82) is 0 Å². The zero-order valence-electron chi connectivity index (χ0n) is 17.2. The first-order chi connectivity index (χ1) is 14.0. The molecule has 0 bridgehead atoms. The number of carbonyl (C=O) groups is 1. The number of carbonyl (C=O) groups excluding carboxylic acids is 1. The summed E-state index contributed by atoms with van der Waals surface area (Å²) in [6.45, 7) is 7.06. The van der Waals surface area contributed by atoms with Gasteiger partial charge in [0.25, 0.3) is 10.0 Å². The van der Waals surface area contributed by atoms with Crippen molar-refractivity contribution in [3.05, 3.63) is 35.7 Å². The molecule has 2 heterocycles. The van der Waals surface area contributed by atoms with Crippen LogP contribution in [0.5, 0.6) is 0 Å². The highest BCUT2D eigenvalue weighted by molar-refractivity contribution is 7.91. The van der Waals surface area contributed by atoms with E-state index in [0.29, 0.717) is 5.82 Å². The Morgan fingerprint density at radius 3 is 2.50 bits per heavy atom. The first-order valence-corrected chi connectivity index (χ1v) is 11.2. The predicted octanol–water partition coefficient (Wildman–Crippen LogP) is 2.70. The minimum absolute atomic E-state index is 0.112. The molecule has 0 aliphatic carbocycles. The van der Waals surface area contributed by atoms with Crippen molar-refractivity contribution in [3.63, 3.8) is 0 Å². The third-order valence-electron chi connectivity index (χ3n) is 4.07. The van der Waals surface area contributed by atoms with E-state index in [2.05, 4.69) is 25.7 Å². The number of amides is 1. The van der Waals surface area contributed by atoms with Gasteiger partial charge in [0.1, 0.15) is 0 Å². The highest BCUT2D eigenvalue weighted by Crippen LogP contribution is 2.25. The highest BCUT2D eigenvalue weighted by Gasteiger charge is 2.29. The minimum Gasteiger partial charge on any atom is -0.338 e. The minimum atomic E-state index is -3.95. The van der Waals surface area contributed by atoms with E-state index in [4.69, 9.17) is 4.52 Å². The Balaban J connectivity index is 1.71. The van der Waals surface area contributed by atoms with Gasteiger partial charge in [-0.25, -0.2) is 8.42 Å². The van der Waals surface area contributed by atoms with E-state index in [-0.39, 0.29) is 27.8 Å². The molecule has 2 aromatic heterocycles. The second kappa shape index (κ2) is 8.20. The van der Waals surface area contributed by atoms with Gasteiger partial charge < -0.3 is 9.84 Å². The van der Waals surface area contributed by atoms with Crippen LogP contribution in [-0.4, -0.2) is 46.0 Å². The molecule has 12 heteroatoms. The van der Waals surface area contributed by atoms with Crippen LogP contribution in [0.2, 0.25) is 0 Å². The van der Waals surface area contributed by atoms with Crippen molar-refractivity contribution < 1.29 is 17.7 Å². The molecular formula is C18H22N6O4S2. The van der Waals surface area contributed by atoms with E-state index < -0.39 is 15.4 Å². The van der Waals surface area contributed by atoms with Crippen molar-refractivity contribution in [2.75, 3.05) is 12.4 Å². The van der Waals surface area contributed by atoms with Crippen molar-refractivity contribution >= 4 is 32.4 Å². The summed E-state index contributed by atoms with van der Waals surface area (Å²) in [6.07, 6.45) is 0. The number of anilines is 1. The lowest BCUT2D eigenvalue weighted by Gasteiger charge is -2.15. The summed E-state index contributed by atoms with van der Waals surface area (Å²) in [5.41, 5.74) is 1.22. The van der Waals surface area contributed by atoms with Gasteiger partial charge in [0, 0.05) is 18.0 Å². The first kappa shape index (κ1) is 22.0. The molecule has 0 aliphatic rings. The second-order valence-electron chi connectivity index (χ2n) is 7.72. The van der Waals surface area contributed by atoms with Crippen LogP contribution in [0.25, 0.3) is 11.4 Å². The Bertz CT molecular complexity index is 1150. The molecule has 0 saturated carbocycles. The molecule has 0 saturated heterocycles. The molecule has 1 N–H and O–H groups in total. The van der Waals surface area contributed by atoms with Gasteiger partial charge in [0.2, 0.25) is 27.1 Å². The van der Waals surface area contributed by atoms with E-state index in [0.717, 1.165) is 26.8 Å². The number of benzene rings is 1. The molecule has 0 spiro atoms. The molecule has 1 aromatic carbocycles. The monoisotopic (exact) mass is 450 g/mol. The smallest absolute Gasteiger partial charge is 0.272 e. The van der Waals surface area contributed by atoms with Gasteiger partial charge in [0.05, 0.1) is 6.54 Å². The predicted molar refractivity (Wildman–Crippen MR) is 111 cm³/mol. The molecule has 0 aliphatic heterocycles. The molecule has 10 nitrogen and oxygen atoms in total. The summed E-state index contributed by atoms with van der Waals surface area (Å²) in [6, 6.07) is 7.57. The average Bonchev–Trinajstić information content (AvgIpc) is 3.31. The number of hydrogen-bond acceptors (Lipinski definition) is 9. The fraction of sp³-hybridized carbons (Fsp3) is 0.389. The number of rotatable bonds is 6. The van der Waals surface area contributed by atoms with E-state index >= 15 is 0 Å². The SMILES string of the molecule is Cc1ccc(-c2noc(CN(C)S(=O)(=O)c3nnc(NC(=O)C(C)(C)C)s3)n2)cc1. The Morgan fingerprint density at radius 2 is 1.87 bits per heavy atom. The van der Waals surface area contributed by atoms with Crippen molar-refractivity contribution in [2.24, 2.45) is 5.41 Å². The summed E-state index contributed by atoms with van der Waals surface area (Å²) in [4.78, 5) is 16.3. The molecule has 0 radical (unpaired) electrons. The summed E-state index contributed by atoms with van der Waals surface area (Å²) in [5.74, 6) is 0.228. The summed E-state index contributed by atoms with van der Waals surface area (Å²) >= 11 is 0.776. The summed E-state index contributed by atoms with van der Waals surface area (Å²) < 4.78 is 31.5. The molecule has 30 heavy (non-hydrogen) atoms. The fourth-order valence-electron chi connectivity index (χ4n) is 2.20. The first-order valence-electron chi connectivity index (χ1n) is 8.98. The quantitative estimate of drug-likeness (QED) is 0.567. The van der Waals surface area contributed by atoms with Crippen molar-refractivity contribution in [3.8, 4) is 11.4 Å². The van der Waals surface area contributed by atoms with Crippen molar-refractivity contribution in [1.82, 2.24) is 24.6 Å². The van der Waals surface area contributed by atoms with Gasteiger partial charge in [-0.3, -0.25) is 4.79 Å². The van der Waals surface area contributed by atoms with Gasteiger partial charge in [-0.05, 0) is 6.92 Å². The van der Waals surface area contributed by atoms with Gasteiger partial charge >= 0.3 is 0 Å². The molecule has 0 atom stereocenters. The van der Waals surface area contributed by atoms with E-state index in [1.165, 1.54) is 7.05 Å². The molecule has 160 valence electrons. The van der Waals surface area contributed by atoms with E-state index in [9.17, 15) is 13.2 Å². The molecule has 0 unspecified atom stereocenters. The maximum atomic E-state index is 12.8. The van der Waals surface area contributed by atoms with Crippen LogP contribution in [0.15, 0.2) is 33.1 Å². The van der Waals surface area contributed by atoms with Crippen LogP contribution in [0.1, 0.15) is 32.2 Å². The van der Waals surface area contributed by atoms with Crippen molar-refractivity contribution in [2.45, 2.75) is 38.6 Å². The zero-order valence-corrected chi connectivity index (χ0v) is 18.8. The molecular weight excluding hydrogens is 428 g/mol. The number of hydrogen-bond donors (Lipinski definition) is 1.